The molecule has 5 nitrogen and oxygen atoms in total. The molecule has 0 fully saturated rings. The van der Waals surface area contributed by atoms with Gasteiger partial charge < -0.3 is 14.4 Å². The first-order valence-corrected chi connectivity index (χ1v) is 8.08. The zero-order valence-corrected chi connectivity index (χ0v) is 15.1. The van der Waals surface area contributed by atoms with E-state index in [-0.39, 0.29) is 0 Å². The molecule has 0 atom stereocenters. The number of benzene rings is 2. The van der Waals surface area contributed by atoms with E-state index in [2.05, 4.69) is 10.3 Å². The van der Waals surface area contributed by atoms with Crippen LogP contribution in [0.2, 0.25) is 0 Å². The Morgan fingerprint density at radius 3 is 1.96 bits per heavy atom. The number of halogens is 3. The molecular formula is C19H19F3N2O3. The minimum Gasteiger partial charge on any atom is -0.457 e. The van der Waals surface area contributed by atoms with Gasteiger partial charge in [0.1, 0.15) is 36.6 Å². The van der Waals surface area contributed by atoms with Crippen molar-refractivity contribution in [3.63, 3.8) is 0 Å². The number of ether oxygens (including phenoxy) is 1. The van der Waals surface area contributed by atoms with Gasteiger partial charge in [0.25, 0.3) is 0 Å². The van der Waals surface area contributed by atoms with Crippen molar-refractivity contribution >= 4 is 11.4 Å². The van der Waals surface area contributed by atoms with Gasteiger partial charge in [-0.1, -0.05) is 10.3 Å². The number of hydrogen-bond donors (Lipinski definition) is 0. The van der Waals surface area contributed by atoms with Crippen LogP contribution in [0.3, 0.4) is 0 Å². The SMILES string of the molecule is CCO/N=C(/C(C)=N/OC)c1ccc(Oc2ccc(C(F)(F)F)cc2)cc1. The zero-order valence-electron chi connectivity index (χ0n) is 15.1. The van der Waals surface area contributed by atoms with Crippen molar-refractivity contribution in [2.24, 2.45) is 10.3 Å². The average Bonchev–Trinajstić information content (AvgIpc) is 2.63. The van der Waals surface area contributed by atoms with Gasteiger partial charge in [0.15, 0.2) is 0 Å². The summed E-state index contributed by atoms with van der Waals surface area (Å²) >= 11 is 0. The van der Waals surface area contributed by atoms with Gasteiger partial charge in [0.2, 0.25) is 0 Å². The van der Waals surface area contributed by atoms with Crippen LogP contribution in [0.4, 0.5) is 13.2 Å². The molecule has 0 amide bonds. The zero-order chi connectivity index (χ0) is 19.9. The lowest BCUT2D eigenvalue weighted by Crippen LogP contribution is -2.13. The Bertz CT molecular complexity index is 798. The van der Waals surface area contributed by atoms with Gasteiger partial charge in [-0.3, -0.25) is 0 Å². The monoisotopic (exact) mass is 380 g/mol. The third-order valence-electron chi connectivity index (χ3n) is 3.40. The van der Waals surface area contributed by atoms with Crippen molar-refractivity contribution in [2.45, 2.75) is 20.0 Å². The molecule has 0 N–H and O–H groups in total. The fourth-order valence-electron chi connectivity index (χ4n) is 2.17. The van der Waals surface area contributed by atoms with E-state index in [0.29, 0.717) is 29.5 Å². The summed E-state index contributed by atoms with van der Waals surface area (Å²) in [6.45, 7) is 3.94. The summed E-state index contributed by atoms with van der Waals surface area (Å²) in [6.07, 6.45) is -4.38. The second-order valence-corrected chi connectivity index (χ2v) is 5.37. The Balaban J connectivity index is 2.17. The molecule has 2 rings (SSSR count). The molecule has 2 aromatic rings. The molecule has 0 saturated heterocycles. The number of oxime groups is 2. The van der Waals surface area contributed by atoms with Crippen LogP contribution in [0.15, 0.2) is 58.8 Å². The Labute approximate surface area is 155 Å². The molecule has 0 unspecified atom stereocenters. The van der Waals surface area contributed by atoms with Crippen LogP contribution in [0, 0.1) is 0 Å². The number of alkyl halides is 3. The average molecular weight is 380 g/mol. The van der Waals surface area contributed by atoms with E-state index in [1.165, 1.54) is 19.2 Å². The molecule has 0 aliphatic carbocycles. The van der Waals surface area contributed by atoms with Crippen LogP contribution in [-0.4, -0.2) is 25.1 Å². The molecule has 0 radical (unpaired) electrons. The van der Waals surface area contributed by atoms with Crippen LogP contribution in [0.5, 0.6) is 11.5 Å². The lowest BCUT2D eigenvalue weighted by Gasteiger charge is -2.10. The molecule has 0 saturated carbocycles. The van der Waals surface area contributed by atoms with E-state index >= 15 is 0 Å². The first kappa shape index (κ1) is 20.3. The highest BCUT2D eigenvalue weighted by atomic mass is 19.4. The van der Waals surface area contributed by atoms with Crippen LogP contribution >= 0.6 is 0 Å². The van der Waals surface area contributed by atoms with Crippen LogP contribution in [-0.2, 0) is 15.9 Å². The molecule has 0 bridgehead atoms. The van der Waals surface area contributed by atoms with Crippen LogP contribution in [0.25, 0.3) is 0 Å². The summed E-state index contributed by atoms with van der Waals surface area (Å²) in [6, 6.07) is 11.3. The fourth-order valence-corrected chi connectivity index (χ4v) is 2.17. The van der Waals surface area contributed by atoms with Crippen molar-refractivity contribution < 1.29 is 27.6 Å². The van der Waals surface area contributed by atoms with Crippen molar-refractivity contribution in [3.8, 4) is 11.5 Å². The highest BCUT2D eigenvalue weighted by molar-refractivity contribution is 6.47. The van der Waals surface area contributed by atoms with Crippen molar-refractivity contribution in [3.05, 3.63) is 59.7 Å². The molecule has 27 heavy (non-hydrogen) atoms. The summed E-state index contributed by atoms with van der Waals surface area (Å²) in [7, 11) is 1.43. The first-order chi connectivity index (χ1) is 12.8. The Hall–Kier alpha value is -3.03. The summed E-state index contributed by atoms with van der Waals surface area (Å²) in [5.74, 6) is 0.770. The summed E-state index contributed by atoms with van der Waals surface area (Å²) in [5, 5.41) is 7.89. The topological polar surface area (TPSA) is 52.4 Å². The summed E-state index contributed by atoms with van der Waals surface area (Å²) in [4.78, 5) is 9.88. The molecule has 2 aromatic carbocycles. The van der Waals surface area contributed by atoms with Gasteiger partial charge in [-0.05, 0) is 62.4 Å². The first-order valence-electron chi connectivity index (χ1n) is 8.08. The van der Waals surface area contributed by atoms with Gasteiger partial charge in [0, 0.05) is 5.56 Å². The van der Waals surface area contributed by atoms with E-state index in [0.717, 1.165) is 17.7 Å². The maximum absolute atomic E-state index is 12.6. The van der Waals surface area contributed by atoms with Crippen molar-refractivity contribution in [1.82, 2.24) is 0 Å². The normalized spacial score (nSPS) is 12.7. The third kappa shape index (κ3) is 5.73. The van der Waals surface area contributed by atoms with Gasteiger partial charge >= 0.3 is 6.18 Å². The number of nitrogens with zero attached hydrogens (tertiary/aromatic N) is 2. The second-order valence-electron chi connectivity index (χ2n) is 5.37. The lowest BCUT2D eigenvalue weighted by molar-refractivity contribution is -0.137. The van der Waals surface area contributed by atoms with Crippen LogP contribution < -0.4 is 4.74 Å². The highest BCUT2D eigenvalue weighted by Gasteiger charge is 2.30. The molecule has 0 spiro atoms. The fraction of sp³-hybridized carbons (Fsp3) is 0.263. The van der Waals surface area contributed by atoms with E-state index < -0.39 is 11.7 Å². The number of hydrogen-bond acceptors (Lipinski definition) is 5. The van der Waals surface area contributed by atoms with E-state index in [1.807, 2.05) is 6.92 Å². The molecule has 0 aromatic heterocycles. The smallest absolute Gasteiger partial charge is 0.416 e. The standard InChI is InChI=1S/C19H19F3N2O3/c1-4-26-24-18(13(2)23-25-3)14-5-9-16(10-6-14)27-17-11-7-15(8-12-17)19(20,21)22/h5-12H,4H2,1-3H3/b23-13+,24-18-. The van der Waals surface area contributed by atoms with E-state index in [9.17, 15) is 13.2 Å². The van der Waals surface area contributed by atoms with Gasteiger partial charge in [-0.25, -0.2) is 0 Å². The Kier molecular flexibility index (Phi) is 6.81. The predicted octanol–water partition coefficient (Wildman–Crippen LogP) is 5.26. The maximum Gasteiger partial charge on any atom is 0.416 e. The minimum absolute atomic E-state index is 0.302. The molecule has 0 aliphatic rings. The Morgan fingerprint density at radius 1 is 0.926 bits per heavy atom. The van der Waals surface area contributed by atoms with Crippen molar-refractivity contribution in [1.29, 1.82) is 0 Å². The van der Waals surface area contributed by atoms with Crippen LogP contribution in [0.1, 0.15) is 25.0 Å². The van der Waals surface area contributed by atoms with Gasteiger partial charge in [0.05, 0.1) is 5.56 Å². The molecule has 0 heterocycles. The van der Waals surface area contributed by atoms with Gasteiger partial charge in [-0.15, -0.1) is 0 Å². The summed E-state index contributed by atoms with van der Waals surface area (Å²) in [5.41, 5.74) is 1.03. The molecular weight excluding hydrogens is 361 g/mol. The van der Waals surface area contributed by atoms with Crippen molar-refractivity contribution in [2.75, 3.05) is 13.7 Å². The minimum atomic E-state index is -4.38. The molecule has 8 heteroatoms. The second kappa shape index (κ2) is 9.07. The van der Waals surface area contributed by atoms with E-state index in [1.54, 1.807) is 31.2 Å². The lowest BCUT2D eigenvalue weighted by atomic mass is 10.1. The quantitative estimate of drug-likeness (QED) is 0.486. The predicted molar refractivity (Wildman–Crippen MR) is 96.2 cm³/mol. The maximum atomic E-state index is 12.6. The number of rotatable bonds is 7. The summed E-state index contributed by atoms with van der Waals surface area (Å²) < 4.78 is 43.4. The largest absolute Gasteiger partial charge is 0.457 e. The van der Waals surface area contributed by atoms with E-state index in [4.69, 9.17) is 14.4 Å². The highest BCUT2D eigenvalue weighted by Crippen LogP contribution is 2.31. The third-order valence-corrected chi connectivity index (χ3v) is 3.40. The molecule has 0 aliphatic heterocycles. The molecule has 144 valence electrons. The van der Waals surface area contributed by atoms with Gasteiger partial charge in [-0.2, -0.15) is 13.2 Å². The Morgan fingerprint density at radius 2 is 1.48 bits per heavy atom.